The monoisotopic (exact) mass is 290 g/mol. The molecule has 5 heteroatoms. The lowest BCUT2D eigenvalue weighted by molar-refractivity contribution is 0.528. The van der Waals surface area contributed by atoms with Gasteiger partial charge in [0.15, 0.2) is 11.6 Å². The van der Waals surface area contributed by atoms with E-state index in [0.29, 0.717) is 23.9 Å². The van der Waals surface area contributed by atoms with Crippen LogP contribution in [-0.4, -0.2) is 21.3 Å². The molecule has 0 aliphatic heterocycles. The van der Waals surface area contributed by atoms with Gasteiger partial charge in [0.1, 0.15) is 0 Å². The van der Waals surface area contributed by atoms with Gasteiger partial charge < -0.3 is 5.32 Å². The Morgan fingerprint density at radius 2 is 2.00 bits per heavy atom. The van der Waals surface area contributed by atoms with E-state index in [1.54, 1.807) is 18.5 Å². The Hall–Kier alpha value is -1.75. The van der Waals surface area contributed by atoms with E-state index in [1.807, 2.05) is 6.07 Å². The lowest BCUT2D eigenvalue weighted by atomic mass is 10.1. The minimum Gasteiger partial charge on any atom is -0.312 e. The number of pyridine rings is 1. The first-order chi connectivity index (χ1) is 9.99. The van der Waals surface area contributed by atoms with Crippen LogP contribution in [0.4, 0.5) is 4.39 Å². The largest absolute Gasteiger partial charge is 0.312 e. The van der Waals surface area contributed by atoms with Crippen LogP contribution in [0, 0.1) is 11.7 Å². The Morgan fingerprint density at radius 1 is 1.24 bits per heavy atom. The molecule has 21 heavy (non-hydrogen) atoms. The topological polar surface area (TPSA) is 42.7 Å². The molecule has 0 aromatic carbocycles. The number of aromatic nitrogens is 3. The molecule has 0 amide bonds. The summed E-state index contributed by atoms with van der Waals surface area (Å²) in [5, 5.41) is 7.63. The molecule has 0 atom stereocenters. The van der Waals surface area contributed by atoms with Crippen LogP contribution in [0.15, 0.2) is 24.5 Å². The molecule has 1 N–H and O–H groups in total. The van der Waals surface area contributed by atoms with Gasteiger partial charge in [-0.1, -0.05) is 27.7 Å². The maximum atomic E-state index is 14.5. The van der Waals surface area contributed by atoms with E-state index in [-0.39, 0.29) is 11.6 Å². The SMILES string of the molecule is CC(C)CNCc1ccnc(-n2ccc(C(C)C)n2)c1F. The van der Waals surface area contributed by atoms with Crippen LogP contribution in [0.1, 0.15) is 44.9 Å². The molecule has 2 aromatic rings. The van der Waals surface area contributed by atoms with Gasteiger partial charge in [0.05, 0.1) is 5.69 Å². The van der Waals surface area contributed by atoms with Gasteiger partial charge >= 0.3 is 0 Å². The molecular weight excluding hydrogens is 267 g/mol. The summed E-state index contributed by atoms with van der Waals surface area (Å²) < 4.78 is 16.0. The highest BCUT2D eigenvalue weighted by molar-refractivity contribution is 5.30. The van der Waals surface area contributed by atoms with Gasteiger partial charge in [0.2, 0.25) is 0 Å². The van der Waals surface area contributed by atoms with Gasteiger partial charge in [-0.3, -0.25) is 0 Å². The predicted molar refractivity (Wildman–Crippen MR) is 82.0 cm³/mol. The van der Waals surface area contributed by atoms with Gasteiger partial charge in [-0.15, -0.1) is 0 Å². The van der Waals surface area contributed by atoms with Gasteiger partial charge in [0.25, 0.3) is 0 Å². The minimum atomic E-state index is -0.313. The summed E-state index contributed by atoms with van der Waals surface area (Å²) in [6, 6.07) is 3.61. The summed E-state index contributed by atoms with van der Waals surface area (Å²) in [4.78, 5) is 4.12. The minimum absolute atomic E-state index is 0.255. The molecule has 0 spiro atoms. The number of hydrogen-bond acceptors (Lipinski definition) is 3. The van der Waals surface area contributed by atoms with Crippen LogP contribution in [-0.2, 0) is 6.54 Å². The van der Waals surface area contributed by atoms with Gasteiger partial charge in [0, 0.05) is 24.5 Å². The average molecular weight is 290 g/mol. The maximum absolute atomic E-state index is 14.5. The smallest absolute Gasteiger partial charge is 0.190 e. The number of nitrogens with zero attached hydrogens (tertiary/aromatic N) is 3. The molecule has 4 nitrogen and oxygen atoms in total. The van der Waals surface area contributed by atoms with Crippen LogP contribution in [0.2, 0.25) is 0 Å². The van der Waals surface area contributed by atoms with E-state index in [1.165, 1.54) is 4.68 Å². The van der Waals surface area contributed by atoms with Crippen molar-refractivity contribution < 1.29 is 4.39 Å². The lowest BCUT2D eigenvalue weighted by Crippen LogP contribution is -2.20. The second kappa shape index (κ2) is 6.80. The Kier molecular flexibility index (Phi) is 5.07. The van der Waals surface area contributed by atoms with Crippen LogP contribution in [0.3, 0.4) is 0 Å². The molecule has 0 saturated carbocycles. The van der Waals surface area contributed by atoms with Crippen LogP contribution < -0.4 is 5.32 Å². The summed E-state index contributed by atoms with van der Waals surface area (Å²) in [7, 11) is 0. The summed E-state index contributed by atoms with van der Waals surface area (Å²) in [5.74, 6) is 0.789. The van der Waals surface area contributed by atoms with Gasteiger partial charge in [-0.25, -0.2) is 14.1 Å². The third kappa shape index (κ3) is 3.88. The van der Waals surface area contributed by atoms with Crippen LogP contribution >= 0.6 is 0 Å². The first-order valence-electron chi connectivity index (χ1n) is 7.39. The number of halogens is 1. The molecule has 2 heterocycles. The highest BCUT2D eigenvalue weighted by Gasteiger charge is 2.13. The molecular formula is C16H23FN4. The van der Waals surface area contributed by atoms with Gasteiger partial charge in [-0.2, -0.15) is 5.10 Å². The van der Waals surface area contributed by atoms with Crippen LogP contribution in [0.5, 0.6) is 0 Å². The molecule has 0 aliphatic carbocycles. The lowest BCUT2D eigenvalue weighted by Gasteiger charge is -2.10. The fourth-order valence-corrected chi connectivity index (χ4v) is 2.03. The van der Waals surface area contributed by atoms with E-state index in [0.717, 1.165) is 12.2 Å². The highest BCUT2D eigenvalue weighted by atomic mass is 19.1. The Balaban J connectivity index is 2.20. The van der Waals surface area contributed by atoms with Crippen molar-refractivity contribution in [1.29, 1.82) is 0 Å². The van der Waals surface area contributed by atoms with E-state index in [9.17, 15) is 4.39 Å². The van der Waals surface area contributed by atoms with E-state index >= 15 is 0 Å². The van der Waals surface area contributed by atoms with Crippen molar-refractivity contribution in [3.05, 3.63) is 41.6 Å². The van der Waals surface area contributed by atoms with Crippen molar-refractivity contribution in [2.45, 2.75) is 40.2 Å². The van der Waals surface area contributed by atoms with E-state index in [4.69, 9.17) is 0 Å². The fourth-order valence-electron chi connectivity index (χ4n) is 2.03. The average Bonchev–Trinajstić information content (AvgIpc) is 2.90. The third-order valence-corrected chi connectivity index (χ3v) is 3.24. The zero-order chi connectivity index (χ0) is 15.4. The summed E-state index contributed by atoms with van der Waals surface area (Å²) in [6.07, 6.45) is 3.38. The molecule has 0 bridgehead atoms. The molecule has 0 unspecified atom stereocenters. The molecule has 2 rings (SSSR count). The number of hydrogen-bond donors (Lipinski definition) is 1. The van der Waals surface area contributed by atoms with E-state index in [2.05, 4.69) is 43.1 Å². The second-order valence-corrected chi connectivity index (χ2v) is 5.97. The number of rotatable bonds is 6. The Bertz CT molecular complexity index is 590. The quantitative estimate of drug-likeness (QED) is 0.888. The molecule has 2 aromatic heterocycles. The van der Waals surface area contributed by atoms with Crippen molar-refractivity contribution >= 4 is 0 Å². The van der Waals surface area contributed by atoms with E-state index < -0.39 is 0 Å². The molecule has 0 saturated heterocycles. The van der Waals surface area contributed by atoms with Crippen molar-refractivity contribution in [3.63, 3.8) is 0 Å². The third-order valence-electron chi connectivity index (χ3n) is 3.24. The van der Waals surface area contributed by atoms with Crippen molar-refractivity contribution in [2.75, 3.05) is 6.54 Å². The first-order valence-corrected chi connectivity index (χ1v) is 7.39. The standard InChI is InChI=1S/C16H23FN4/c1-11(2)9-18-10-13-5-7-19-16(15(13)17)21-8-6-14(20-21)12(3)4/h5-8,11-12,18H,9-10H2,1-4H3. The molecule has 0 radical (unpaired) electrons. The fraction of sp³-hybridized carbons (Fsp3) is 0.500. The summed E-state index contributed by atoms with van der Waals surface area (Å²) in [5.41, 5.74) is 1.54. The summed E-state index contributed by atoms with van der Waals surface area (Å²) in [6.45, 7) is 9.72. The maximum Gasteiger partial charge on any atom is 0.190 e. The Morgan fingerprint density at radius 3 is 2.62 bits per heavy atom. The van der Waals surface area contributed by atoms with Gasteiger partial charge in [-0.05, 0) is 30.5 Å². The highest BCUT2D eigenvalue weighted by Crippen LogP contribution is 2.17. The molecule has 0 aliphatic rings. The molecule has 114 valence electrons. The normalized spacial score (nSPS) is 11.6. The van der Waals surface area contributed by atoms with Crippen LogP contribution in [0.25, 0.3) is 5.82 Å². The predicted octanol–water partition coefficient (Wildman–Crippen LogP) is 3.28. The molecule has 0 fully saturated rings. The van der Waals surface area contributed by atoms with Crippen molar-refractivity contribution in [2.24, 2.45) is 5.92 Å². The Labute approximate surface area is 125 Å². The first kappa shape index (κ1) is 15.6. The second-order valence-electron chi connectivity index (χ2n) is 5.97. The van der Waals surface area contributed by atoms with Crippen molar-refractivity contribution in [1.82, 2.24) is 20.1 Å². The number of nitrogens with one attached hydrogen (secondary N) is 1. The zero-order valence-corrected chi connectivity index (χ0v) is 13.1. The van der Waals surface area contributed by atoms with Crippen molar-refractivity contribution in [3.8, 4) is 5.82 Å². The summed E-state index contributed by atoms with van der Waals surface area (Å²) >= 11 is 0. The zero-order valence-electron chi connectivity index (χ0n) is 13.1.